The Kier molecular flexibility index (Phi) is 9.27. The van der Waals surface area contributed by atoms with E-state index in [0.29, 0.717) is 12.5 Å². The Morgan fingerprint density at radius 1 is 0.750 bits per heavy atom. The summed E-state index contributed by atoms with van der Waals surface area (Å²) in [6.07, 6.45) is 0. The predicted molar refractivity (Wildman–Crippen MR) is 107 cm³/mol. The number of aromatic nitrogens is 4. The number of hydrogen-bond acceptors (Lipinski definition) is 8. The van der Waals surface area contributed by atoms with E-state index in [1.165, 1.54) is 20.3 Å². The molecule has 32 heavy (non-hydrogen) atoms. The molecule has 180 valence electrons. The van der Waals surface area contributed by atoms with Crippen molar-refractivity contribution < 1.29 is 36.9 Å². The lowest BCUT2D eigenvalue weighted by Gasteiger charge is -2.20. The van der Waals surface area contributed by atoms with Gasteiger partial charge in [-0.3, -0.25) is 0 Å². The fourth-order valence-electron chi connectivity index (χ4n) is 2.12. The molecule has 2 heterocycles. The molecule has 2 aromatic heterocycles. The van der Waals surface area contributed by atoms with Gasteiger partial charge in [0.05, 0.1) is 33.0 Å². The number of hydrogen-bond donors (Lipinski definition) is 1. The number of halogens is 4. The molecule has 8 nitrogen and oxygen atoms in total. The van der Waals surface area contributed by atoms with Gasteiger partial charge in [-0.05, 0) is 32.9 Å². The first-order chi connectivity index (χ1) is 14.6. The van der Waals surface area contributed by atoms with E-state index in [0.717, 1.165) is 13.0 Å². The van der Waals surface area contributed by atoms with E-state index >= 15 is 0 Å². The highest BCUT2D eigenvalue weighted by Crippen LogP contribution is 2.29. The van der Waals surface area contributed by atoms with Crippen molar-refractivity contribution in [3.05, 3.63) is 34.6 Å². The topological polar surface area (TPSA) is 99.5 Å². The predicted octanol–water partition coefficient (Wildman–Crippen LogP) is 4.00. The molecular formula is C20H28F4N4O4. The molecule has 1 N–H and O–H groups in total. The summed E-state index contributed by atoms with van der Waals surface area (Å²) in [5.74, 6) is -5.84. The Morgan fingerprint density at radius 2 is 1.16 bits per heavy atom. The van der Waals surface area contributed by atoms with Gasteiger partial charge in [-0.15, -0.1) is 20.4 Å². The molecule has 0 aliphatic carbocycles. The van der Waals surface area contributed by atoms with Gasteiger partial charge in [0.25, 0.3) is 11.8 Å². The molecular weight excluding hydrogens is 436 g/mol. The zero-order valence-electron chi connectivity index (χ0n) is 19.0. The average molecular weight is 464 g/mol. The van der Waals surface area contributed by atoms with Crippen LogP contribution in [0, 0.1) is 0 Å². The van der Waals surface area contributed by atoms with Crippen LogP contribution in [0.3, 0.4) is 0 Å². The molecule has 2 rings (SSSR count). The van der Waals surface area contributed by atoms with E-state index in [9.17, 15) is 17.6 Å². The third-order valence-electron chi connectivity index (χ3n) is 3.79. The van der Waals surface area contributed by atoms with Crippen molar-refractivity contribution in [1.29, 1.82) is 0 Å². The first kappa shape index (κ1) is 27.4. The van der Waals surface area contributed by atoms with Crippen LogP contribution in [0.2, 0.25) is 0 Å². The summed E-state index contributed by atoms with van der Waals surface area (Å²) in [6, 6.07) is 2.34. The maximum atomic E-state index is 13.2. The van der Waals surface area contributed by atoms with Crippen LogP contribution >= 0.6 is 0 Å². The molecule has 0 unspecified atom stereocenters. The Hall–Kier alpha value is -2.60. The van der Waals surface area contributed by atoms with Gasteiger partial charge in [0, 0.05) is 25.0 Å². The van der Waals surface area contributed by atoms with Gasteiger partial charge in [0.2, 0.25) is 11.8 Å². The van der Waals surface area contributed by atoms with Crippen molar-refractivity contribution in [2.45, 2.75) is 65.3 Å². The highest BCUT2D eigenvalue weighted by atomic mass is 19.3. The minimum Gasteiger partial charge on any atom is -0.480 e. The molecule has 0 atom stereocenters. The number of aliphatic hydroxyl groups excluding tert-OH is 1. The van der Waals surface area contributed by atoms with E-state index in [1.54, 1.807) is 0 Å². The second kappa shape index (κ2) is 10.8. The highest BCUT2D eigenvalue weighted by molar-refractivity contribution is 5.28. The van der Waals surface area contributed by atoms with Crippen LogP contribution < -0.4 is 9.47 Å². The Labute approximate surface area is 183 Å². The fraction of sp³-hybridized carbons (Fsp3) is 0.600. The fourth-order valence-corrected chi connectivity index (χ4v) is 2.12. The van der Waals surface area contributed by atoms with Gasteiger partial charge < -0.3 is 19.3 Å². The molecule has 0 aliphatic heterocycles. The van der Waals surface area contributed by atoms with Crippen LogP contribution in [0.25, 0.3) is 0 Å². The van der Waals surface area contributed by atoms with Crippen LogP contribution in [0.5, 0.6) is 11.8 Å². The van der Waals surface area contributed by atoms with Crippen LogP contribution in [-0.4, -0.2) is 45.3 Å². The van der Waals surface area contributed by atoms with Gasteiger partial charge in [-0.1, -0.05) is 0 Å². The average Bonchev–Trinajstić information content (AvgIpc) is 2.70. The normalized spacial score (nSPS) is 12.1. The molecule has 0 aliphatic rings. The second-order valence-corrected chi connectivity index (χ2v) is 7.86. The molecule has 0 amide bonds. The van der Waals surface area contributed by atoms with Crippen molar-refractivity contribution in [3.8, 4) is 11.8 Å². The summed E-state index contributed by atoms with van der Waals surface area (Å²) in [7, 11) is 2.74. The van der Waals surface area contributed by atoms with Crippen molar-refractivity contribution >= 4 is 0 Å². The minimum atomic E-state index is -3.07. The van der Waals surface area contributed by atoms with E-state index < -0.39 is 29.8 Å². The van der Waals surface area contributed by atoms with Gasteiger partial charge in [-0.2, -0.15) is 17.6 Å². The van der Waals surface area contributed by atoms with Gasteiger partial charge >= 0.3 is 0 Å². The molecule has 0 spiro atoms. The molecule has 0 fully saturated rings. The zero-order chi connectivity index (χ0) is 24.7. The van der Waals surface area contributed by atoms with E-state index in [4.69, 9.17) is 19.3 Å². The van der Waals surface area contributed by atoms with E-state index in [1.807, 2.05) is 20.8 Å². The lowest BCUT2D eigenvalue weighted by molar-refractivity contribution is -0.0167. The summed E-state index contributed by atoms with van der Waals surface area (Å²) in [5, 5.41) is 22.6. The summed E-state index contributed by atoms with van der Waals surface area (Å²) in [4.78, 5) is 0. The first-order valence-corrected chi connectivity index (χ1v) is 9.45. The third-order valence-corrected chi connectivity index (χ3v) is 3.79. The number of methoxy groups -OCH3 is 2. The van der Waals surface area contributed by atoms with Crippen molar-refractivity contribution in [2.24, 2.45) is 0 Å². The summed E-state index contributed by atoms with van der Waals surface area (Å²) in [5.41, 5.74) is -0.598. The molecule has 2 aromatic rings. The lowest BCUT2D eigenvalue weighted by atomic mass is 10.1. The van der Waals surface area contributed by atoms with Crippen molar-refractivity contribution in [3.63, 3.8) is 0 Å². The van der Waals surface area contributed by atoms with Gasteiger partial charge in [0.15, 0.2) is 0 Å². The van der Waals surface area contributed by atoms with Crippen LogP contribution in [0.15, 0.2) is 12.1 Å². The summed E-state index contributed by atoms with van der Waals surface area (Å²) < 4.78 is 67.1. The summed E-state index contributed by atoms with van der Waals surface area (Å²) in [6.45, 7) is 6.85. The molecule has 0 aromatic carbocycles. The number of aliphatic hydroxyl groups is 1. The quantitative estimate of drug-likeness (QED) is 0.614. The number of nitrogens with zero attached hydrogens (tertiary/aromatic N) is 4. The van der Waals surface area contributed by atoms with Crippen molar-refractivity contribution in [2.75, 3.05) is 14.2 Å². The smallest absolute Gasteiger partial charge is 0.288 e. The Morgan fingerprint density at radius 3 is 1.50 bits per heavy atom. The standard InChI is InChI=1S/C12H18F2N2O2.C8H10F2N2O2/c1-11(2,3)18-7-8-6-9(12(4,13)14)15-16-10(8)17-5;1-8(9,10)6-3-5(4-13)7(14-2)12-11-6/h6H,7H2,1-5H3;3,13H,4H2,1-2H3. The highest BCUT2D eigenvalue weighted by Gasteiger charge is 2.29. The van der Waals surface area contributed by atoms with E-state index in [-0.39, 0.29) is 29.5 Å². The molecule has 0 saturated heterocycles. The van der Waals surface area contributed by atoms with E-state index in [2.05, 4.69) is 20.4 Å². The zero-order valence-corrected chi connectivity index (χ0v) is 19.0. The summed E-state index contributed by atoms with van der Waals surface area (Å²) >= 11 is 0. The van der Waals surface area contributed by atoms with Crippen LogP contribution in [0.4, 0.5) is 17.6 Å². The maximum Gasteiger partial charge on any atom is 0.288 e. The number of ether oxygens (including phenoxy) is 3. The number of alkyl halides is 4. The SMILES string of the molecule is COc1nnc(C(C)(F)F)cc1CO.COc1nnc(C(C)(F)F)cc1COC(C)(C)C. The first-order valence-electron chi connectivity index (χ1n) is 9.45. The Balaban J connectivity index is 0.000000330. The largest absolute Gasteiger partial charge is 0.480 e. The van der Waals surface area contributed by atoms with Crippen LogP contribution in [0.1, 0.15) is 57.1 Å². The number of rotatable bonds is 7. The van der Waals surface area contributed by atoms with Crippen LogP contribution in [-0.2, 0) is 29.8 Å². The maximum absolute atomic E-state index is 13.2. The molecule has 12 heteroatoms. The third kappa shape index (κ3) is 8.50. The van der Waals surface area contributed by atoms with Gasteiger partial charge in [0.1, 0.15) is 11.4 Å². The molecule has 0 saturated carbocycles. The van der Waals surface area contributed by atoms with Gasteiger partial charge in [-0.25, -0.2) is 0 Å². The lowest BCUT2D eigenvalue weighted by Crippen LogP contribution is -2.20. The molecule has 0 radical (unpaired) electrons. The molecule has 0 bridgehead atoms. The second-order valence-electron chi connectivity index (χ2n) is 7.86. The van der Waals surface area contributed by atoms with Crippen molar-refractivity contribution in [1.82, 2.24) is 20.4 Å². The Bertz CT molecular complexity index is 881. The minimum absolute atomic E-state index is 0.0560. The monoisotopic (exact) mass is 464 g/mol.